The summed E-state index contributed by atoms with van der Waals surface area (Å²) in [7, 11) is 2.11. The van der Waals surface area contributed by atoms with Crippen molar-refractivity contribution in [3.05, 3.63) is 41.0 Å². The molecular weight excluding hydrogens is 320 g/mol. The zero-order valence-corrected chi connectivity index (χ0v) is 14.7. The lowest BCUT2D eigenvalue weighted by Crippen LogP contribution is -2.51. The predicted molar refractivity (Wildman–Crippen MR) is 95.1 cm³/mol. The van der Waals surface area contributed by atoms with Crippen molar-refractivity contribution >= 4 is 23.1 Å². The molecule has 126 valence electrons. The number of amides is 1. The fraction of sp³-hybridized carbons (Fsp3) is 0.500. The smallest absolute Gasteiger partial charge is 0.227 e. The lowest BCUT2D eigenvalue weighted by molar-refractivity contribution is -0.130. The molecule has 1 aliphatic carbocycles. The molecule has 0 aromatic carbocycles. The third-order valence-corrected chi connectivity index (χ3v) is 6.27. The summed E-state index contributed by atoms with van der Waals surface area (Å²) in [5.41, 5.74) is 1.47. The molecule has 0 atom stereocenters. The quantitative estimate of drug-likeness (QED) is 0.857. The van der Waals surface area contributed by atoms with Crippen LogP contribution in [0.3, 0.4) is 0 Å². The number of hydrogen-bond donors (Lipinski definition) is 0. The van der Waals surface area contributed by atoms with Crippen LogP contribution in [0.1, 0.15) is 24.8 Å². The fourth-order valence-electron chi connectivity index (χ4n) is 4.05. The molecule has 0 radical (unpaired) electrons. The number of hydrogen-bond acceptors (Lipinski definition) is 5. The molecule has 1 saturated carbocycles. The molecule has 1 saturated heterocycles. The summed E-state index contributed by atoms with van der Waals surface area (Å²) < 4.78 is 0. The van der Waals surface area contributed by atoms with Crippen molar-refractivity contribution in [3.63, 3.8) is 0 Å². The third-order valence-electron chi connectivity index (χ3n) is 5.54. The van der Waals surface area contributed by atoms with Crippen LogP contribution in [0.15, 0.2) is 35.4 Å². The maximum absolute atomic E-state index is 12.5. The maximum atomic E-state index is 12.5. The molecule has 2 aromatic heterocycles. The Hall–Kier alpha value is -1.95. The minimum Gasteiger partial charge on any atom is -0.357 e. The SMILES string of the molecule is CN(c1ccncn1)C1CC2(CCN(C(=O)Cc3ccsc3)C2)C1. The van der Waals surface area contributed by atoms with Crippen molar-refractivity contribution in [2.45, 2.75) is 31.7 Å². The lowest BCUT2D eigenvalue weighted by atomic mass is 9.64. The van der Waals surface area contributed by atoms with Gasteiger partial charge in [-0.2, -0.15) is 11.3 Å². The van der Waals surface area contributed by atoms with Crippen molar-refractivity contribution < 1.29 is 4.79 Å². The van der Waals surface area contributed by atoms with Gasteiger partial charge >= 0.3 is 0 Å². The van der Waals surface area contributed by atoms with E-state index in [4.69, 9.17) is 0 Å². The van der Waals surface area contributed by atoms with E-state index in [1.807, 2.05) is 17.5 Å². The molecular formula is C18H22N4OS. The summed E-state index contributed by atoms with van der Waals surface area (Å²) in [4.78, 5) is 25.1. The number of carbonyl (C=O) groups excluding carboxylic acids is 1. The lowest BCUT2D eigenvalue weighted by Gasteiger charge is -2.49. The molecule has 2 fully saturated rings. The Morgan fingerprint density at radius 2 is 2.33 bits per heavy atom. The molecule has 4 rings (SSSR count). The van der Waals surface area contributed by atoms with Crippen LogP contribution in [-0.2, 0) is 11.2 Å². The summed E-state index contributed by atoms with van der Waals surface area (Å²) in [5.74, 6) is 1.26. The van der Waals surface area contributed by atoms with E-state index < -0.39 is 0 Å². The van der Waals surface area contributed by atoms with E-state index in [1.165, 1.54) is 0 Å². The topological polar surface area (TPSA) is 49.3 Å². The predicted octanol–water partition coefficient (Wildman–Crippen LogP) is 2.60. The van der Waals surface area contributed by atoms with Gasteiger partial charge in [0, 0.05) is 32.4 Å². The number of likely N-dealkylation sites (tertiary alicyclic amines) is 1. The Morgan fingerprint density at radius 1 is 1.46 bits per heavy atom. The van der Waals surface area contributed by atoms with Gasteiger partial charge in [0.25, 0.3) is 0 Å². The summed E-state index contributed by atoms with van der Waals surface area (Å²) >= 11 is 1.65. The Labute approximate surface area is 146 Å². The van der Waals surface area contributed by atoms with E-state index in [1.54, 1.807) is 23.9 Å². The van der Waals surface area contributed by atoms with Crippen LogP contribution in [-0.4, -0.2) is 47.0 Å². The van der Waals surface area contributed by atoms with E-state index in [0.717, 1.165) is 43.7 Å². The largest absolute Gasteiger partial charge is 0.357 e. The minimum absolute atomic E-state index is 0.276. The first-order chi connectivity index (χ1) is 11.7. The zero-order chi connectivity index (χ0) is 16.6. The monoisotopic (exact) mass is 342 g/mol. The van der Waals surface area contributed by atoms with Crippen LogP contribution >= 0.6 is 11.3 Å². The van der Waals surface area contributed by atoms with Gasteiger partial charge in [-0.05, 0) is 53.1 Å². The second-order valence-corrected chi connectivity index (χ2v) is 7.89. The van der Waals surface area contributed by atoms with Crippen LogP contribution < -0.4 is 4.90 Å². The van der Waals surface area contributed by atoms with Gasteiger partial charge in [0.2, 0.25) is 5.91 Å². The van der Waals surface area contributed by atoms with Gasteiger partial charge in [0.05, 0.1) is 6.42 Å². The van der Waals surface area contributed by atoms with Crippen LogP contribution in [0.5, 0.6) is 0 Å². The van der Waals surface area contributed by atoms with E-state index in [-0.39, 0.29) is 5.91 Å². The Kier molecular flexibility index (Phi) is 4.00. The second-order valence-electron chi connectivity index (χ2n) is 7.11. The molecule has 3 heterocycles. The van der Waals surface area contributed by atoms with Crippen molar-refractivity contribution in [3.8, 4) is 0 Å². The number of rotatable bonds is 4. The maximum Gasteiger partial charge on any atom is 0.227 e. The molecule has 1 spiro atoms. The highest BCUT2D eigenvalue weighted by molar-refractivity contribution is 7.08. The van der Waals surface area contributed by atoms with Gasteiger partial charge in [0.1, 0.15) is 12.1 Å². The Bertz CT molecular complexity index is 697. The fourth-order valence-corrected chi connectivity index (χ4v) is 4.72. The van der Waals surface area contributed by atoms with Crippen LogP contribution in [0, 0.1) is 5.41 Å². The average molecular weight is 342 g/mol. The summed E-state index contributed by atoms with van der Waals surface area (Å²) in [6.45, 7) is 1.83. The van der Waals surface area contributed by atoms with Crippen molar-refractivity contribution in [2.75, 3.05) is 25.0 Å². The summed E-state index contributed by atoms with van der Waals surface area (Å²) in [6, 6.07) is 4.52. The normalized spacial score (nSPS) is 25.7. The molecule has 5 nitrogen and oxygen atoms in total. The first kappa shape index (κ1) is 15.6. The van der Waals surface area contributed by atoms with Gasteiger partial charge in [-0.25, -0.2) is 9.97 Å². The minimum atomic E-state index is 0.276. The molecule has 6 heteroatoms. The van der Waals surface area contributed by atoms with Crippen LogP contribution in [0.2, 0.25) is 0 Å². The first-order valence-corrected chi connectivity index (χ1v) is 9.37. The van der Waals surface area contributed by atoms with Crippen molar-refractivity contribution in [2.24, 2.45) is 5.41 Å². The average Bonchev–Trinajstić information content (AvgIpc) is 3.23. The Balaban J connectivity index is 1.32. The molecule has 1 amide bonds. The molecule has 1 aliphatic heterocycles. The zero-order valence-electron chi connectivity index (χ0n) is 13.9. The van der Waals surface area contributed by atoms with Crippen LogP contribution in [0.25, 0.3) is 0 Å². The molecule has 2 aromatic rings. The highest BCUT2D eigenvalue weighted by Gasteiger charge is 2.50. The number of nitrogens with zero attached hydrogens (tertiary/aromatic N) is 4. The Morgan fingerprint density at radius 3 is 3.04 bits per heavy atom. The molecule has 24 heavy (non-hydrogen) atoms. The first-order valence-electron chi connectivity index (χ1n) is 8.43. The van der Waals surface area contributed by atoms with E-state index >= 15 is 0 Å². The molecule has 0 unspecified atom stereocenters. The van der Waals surface area contributed by atoms with Gasteiger partial charge in [-0.3, -0.25) is 4.79 Å². The standard InChI is InChI=1S/C18H22N4OS/c1-21(16-2-5-19-13-20-16)15-9-18(10-15)4-6-22(12-18)17(23)8-14-3-7-24-11-14/h2-3,5,7,11,13,15H,4,6,8-10,12H2,1H3. The van der Waals surface area contributed by atoms with Crippen molar-refractivity contribution in [1.82, 2.24) is 14.9 Å². The van der Waals surface area contributed by atoms with E-state index in [9.17, 15) is 4.79 Å². The number of thiophene rings is 1. The molecule has 0 bridgehead atoms. The van der Waals surface area contributed by atoms with E-state index in [0.29, 0.717) is 17.9 Å². The van der Waals surface area contributed by atoms with Gasteiger partial charge < -0.3 is 9.80 Å². The van der Waals surface area contributed by atoms with Crippen LogP contribution in [0.4, 0.5) is 5.82 Å². The van der Waals surface area contributed by atoms with Gasteiger partial charge in [-0.15, -0.1) is 0 Å². The number of anilines is 1. The summed E-state index contributed by atoms with van der Waals surface area (Å²) in [6.07, 6.45) is 7.36. The van der Waals surface area contributed by atoms with Gasteiger partial charge in [0.15, 0.2) is 0 Å². The highest BCUT2D eigenvalue weighted by atomic mass is 32.1. The number of aromatic nitrogens is 2. The molecule has 2 aliphatic rings. The third kappa shape index (κ3) is 2.90. The van der Waals surface area contributed by atoms with Crippen molar-refractivity contribution in [1.29, 1.82) is 0 Å². The highest BCUT2D eigenvalue weighted by Crippen LogP contribution is 2.50. The summed E-state index contributed by atoms with van der Waals surface area (Å²) in [5, 5.41) is 4.10. The van der Waals surface area contributed by atoms with E-state index in [2.05, 4.69) is 32.2 Å². The van der Waals surface area contributed by atoms with Gasteiger partial charge in [-0.1, -0.05) is 0 Å². The molecule has 0 N–H and O–H groups in total. The second kappa shape index (κ2) is 6.16. The number of carbonyl (C=O) groups is 1.